The van der Waals surface area contributed by atoms with E-state index in [9.17, 15) is 9.36 Å². The normalized spacial score (nSPS) is 19.1. The Morgan fingerprint density at radius 1 is 1.38 bits per heavy atom. The Labute approximate surface area is 95.3 Å². The Hall–Kier alpha value is -0.640. The largest absolute Gasteiger partial charge is 0.462 e. The highest BCUT2D eigenvalue weighted by molar-refractivity contribution is 7.54. The van der Waals surface area contributed by atoms with Crippen molar-refractivity contribution in [3.63, 3.8) is 0 Å². The Kier molecular flexibility index (Phi) is 5.19. The minimum Gasteiger partial charge on any atom is -0.462 e. The van der Waals surface area contributed by atoms with Crippen molar-refractivity contribution in [3.8, 4) is 0 Å². The molecule has 0 amide bonds. The molecule has 92 valence electrons. The summed E-state index contributed by atoms with van der Waals surface area (Å²) in [4.78, 5) is 11.1. The van der Waals surface area contributed by atoms with Crippen LogP contribution in [0.5, 0.6) is 0 Å². The summed E-state index contributed by atoms with van der Waals surface area (Å²) < 4.78 is 27.0. The minimum absolute atomic E-state index is 0.124. The zero-order chi connectivity index (χ0) is 12.0. The van der Waals surface area contributed by atoms with Crippen LogP contribution in [0.4, 0.5) is 0 Å². The van der Waals surface area contributed by atoms with Gasteiger partial charge in [-0.05, 0) is 13.8 Å². The zero-order valence-corrected chi connectivity index (χ0v) is 10.5. The SMILES string of the molecule is CCOP(=O)(C/C=C1\CCOC1=O)OCC. The van der Waals surface area contributed by atoms with E-state index in [1.165, 1.54) is 0 Å². The molecule has 1 aliphatic heterocycles. The van der Waals surface area contributed by atoms with Crippen molar-refractivity contribution >= 4 is 13.6 Å². The molecule has 0 N–H and O–H groups in total. The Bertz CT molecular complexity index is 313. The van der Waals surface area contributed by atoms with E-state index in [1.54, 1.807) is 19.9 Å². The highest BCUT2D eigenvalue weighted by atomic mass is 31.2. The first kappa shape index (κ1) is 13.4. The van der Waals surface area contributed by atoms with Crippen molar-refractivity contribution in [2.75, 3.05) is 26.0 Å². The van der Waals surface area contributed by atoms with Crippen molar-refractivity contribution in [2.24, 2.45) is 0 Å². The van der Waals surface area contributed by atoms with Gasteiger partial charge in [-0.25, -0.2) is 4.79 Å². The molecule has 16 heavy (non-hydrogen) atoms. The zero-order valence-electron chi connectivity index (χ0n) is 9.60. The number of allylic oxidation sites excluding steroid dienone is 1. The highest BCUT2D eigenvalue weighted by Crippen LogP contribution is 2.48. The highest BCUT2D eigenvalue weighted by Gasteiger charge is 2.25. The summed E-state index contributed by atoms with van der Waals surface area (Å²) in [5.41, 5.74) is 0.555. The summed E-state index contributed by atoms with van der Waals surface area (Å²) in [5.74, 6) is -0.334. The third kappa shape index (κ3) is 3.74. The predicted octanol–water partition coefficient (Wildman–Crippen LogP) is 2.13. The van der Waals surface area contributed by atoms with E-state index in [4.69, 9.17) is 13.8 Å². The maximum Gasteiger partial charge on any atom is 0.334 e. The molecule has 6 heteroatoms. The average Bonchev–Trinajstić information content (AvgIpc) is 2.62. The number of carbonyl (C=O) groups excluding carboxylic acids is 1. The first-order chi connectivity index (χ1) is 7.61. The molecule has 0 atom stereocenters. The van der Waals surface area contributed by atoms with Crippen LogP contribution >= 0.6 is 7.60 Å². The van der Waals surface area contributed by atoms with Crippen molar-refractivity contribution < 1.29 is 23.1 Å². The molecule has 1 saturated heterocycles. The fraction of sp³-hybridized carbons (Fsp3) is 0.700. The maximum atomic E-state index is 12.0. The summed E-state index contributed by atoms with van der Waals surface area (Å²) in [7, 11) is -3.08. The minimum atomic E-state index is -3.08. The number of carbonyl (C=O) groups is 1. The van der Waals surface area contributed by atoms with Gasteiger partial charge in [-0.2, -0.15) is 0 Å². The first-order valence-electron chi connectivity index (χ1n) is 5.35. The molecule has 0 spiro atoms. The molecule has 0 bridgehead atoms. The fourth-order valence-electron chi connectivity index (χ4n) is 1.39. The van der Waals surface area contributed by atoms with Crippen LogP contribution in [0, 0.1) is 0 Å². The average molecular weight is 248 g/mol. The summed E-state index contributed by atoms with van der Waals surface area (Å²) in [6.07, 6.45) is 2.29. The van der Waals surface area contributed by atoms with Crippen LogP contribution < -0.4 is 0 Å². The smallest absolute Gasteiger partial charge is 0.334 e. The van der Waals surface area contributed by atoms with Gasteiger partial charge in [0.15, 0.2) is 0 Å². The summed E-state index contributed by atoms with van der Waals surface area (Å²) >= 11 is 0. The van der Waals surface area contributed by atoms with E-state index in [-0.39, 0.29) is 12.1 Å². The molecule has 1 aliphatic rings. The quantitative estimate of drug-likeness (QED) is 0.409. The first-order valence-corrected chi connectivity index (χ1v) is 7.08. The molecule has 0 aliphatic carbocycles. The monoisotopic (exact) mass is 248 g/mol. The predicted molar refractivity (Wildman–Crippen MR) is 59.4 cm³/mol. The number of hydrogen-bond donors (Lipinski definition) is 0. The maximum absolute atomic E-state index is 12.0. The van der Waals surface area contributed by atoms with Gasteiger partial charge in [-0.3, -0.25) is 4.57 Å². The Morgan fingerprint density at radius 3 is 2.44 bits per heavy atom. The fourth-order valence-corrected chi connectivity index (χ4v) is 2.91. The molecule has 1 rings (SSSR count). The van der Waals surface area contributed by atoms with Crippen LogP contribution in [-0.2, 0) is 23.1 Å². The second kappa shape index (κ2) is 6.18. The second-order valence-electron chi connectivity index (χ2n) is 3.24. The van der Waals surface area contributed by atoms with Crippen LogP contribution in [0.25, 0.3) is 0 Å². The van der Waals surface area contributed by atoms with Crippen LogP contribution in [0.3, 0.4) is 0 Å². The number of esters is 1. The molecule has 5 nitrogen and oxygen atoms in total. The molecule has 0 saturated carbocycles. The topological polar surface area (TPSA) is 61.8 Å². The third-order valence-electron chi connectivity index (χ3n) is 2.08. The van der Waals surface area contributed by atoms with Gasteiger partial charge < -0.3 is 13.8 Å². The third-order valence-corrected chi connectivity index (χ3v) is 4.01. The molecule has 0 unspecified atom stereocenters. The van der Waals surface area contributed by atoms with Gasteiger partial charge in [-0.1, -0.05) is 6.08 Å². The van der Waals surface area contributed by atoms with E-state index in [1.807, 2.05) is 0 Å². The lowest BCUT2D eigenvalue weighted by molar-refractivity contribution is -0.135. The van der Waals surface area contributed by atoms with Crippen molar-refractivity contribution in [2.45, 2.75) is 20.3 Å². The second-order valence-corrected chi connectivity index (χ2v) is 5.35. The molecule has 1 heterocycles. The number of hydrogen-bond acceptors (Lipinski definition) is 5. The molecular weight excluding hydrogens is 231 g/mol. The lowest BCUT2D eigenvalue weighted by Crippen LogP contribution is -2.01. The van der Waals surface area contributed by atoms with Crippen LogP contribution in [0.15, 0.2) is 11.6 Å². The van der Waals surface area contributed by atoms with Gasteiger partial charge in [0.1, 0.15) is 0 Å². The van der Waals surface area contributed by atoms with Crippen molar-refractivity contribution in [3.05, 3.63) is 11.6 Å². The van der Waals surface area contributed by atoms with Crippen LogP contribution in [0.1, 0.15) is 20.3 Å². The van der Waals surface area contributed by atoms with E-state index >= 15 is 0 Å². The van der Waals surface area contributed by atoms with Gasteiger partial charge in [0.2, 0.25) is 0 Å². The Balaban J connectivity index is 2.62. The summed E-state index contributed by atoms with van der Waals surface area (Å²) in [6.45, 7) is 4.55. The lowest BCUT2D eigenvalue weighted by Gasteiger charge is -2.14. The summed E-state index contributed by atoms with van der Waals surface area (Å²) in [6, 6.07) is 0. The lowest BCUT2D eigenvalue weighted by atomic mass is 10.2. The molecular formula is C10H17O5P. The number of cyclic esters (lactones) is 1. The van der Waals surface area contributed by atoms with E-state index < -0.39 is 7.60 Å². The van der Waals surface area contributed by atoms with Gasteiger partial charge in [0.05, 0.1) is 26.0 Å². The van der Waals surface area contributed by atoms with Gasteiger partial charge in [0.25, 0.3) is 0 Å². The standard InChI is InChI=1S/C10H17O5P/c1-3-14-16(12,15-4-2)8-6-9-5-7-13-10(9)11/h6H,3-5,7-8H2,1-2H3/b9-6+. The van der Waals surface area contributed by atoms with E-state index in [0.717, 1.165) is 0 Å². The van der Waals surface area contributed by atoms with Gasteiger partial charge in [-0.15, -0.1) is 0 Å². The molecule has 0 radical (unpaired) electrons. The molecule has 0 aromatic rings. The number of ether oxygens (including phenoxy) is 1. The van der Waals surface area contributed by atoms with E-state index in [2.05, 4.69) is 0 Å². The van der Waals surface area contributed by atoms with Gasteiger partial charge >= 0.3 is 13.6 Å². The van der Waals surface area contributed by atoms with Crippen molar-refractivity contribution in [1.29, 1.82) is 0 Å². The number of rotatable bonds is 6. The van der Waals surface area contributed by atoms with Gasteiger partial charge in [0, 0.05) is 12.0 Å². The molecule has 1 fully saturated rings. The van der Waals surface area contributed by atoms with Crippen LogP contribution in [-0.4, -0.2) is 32.0 Å². The molecule has 0 aromatic carbocycles. The molecule has 0 aromatic heterocycles. The van der Waals surface area contributed by atoms with Crippen LogP contribution in [0.2, 0.25) is 0 Å². The Morgan fingerprint density at radius 2 is 2.00 bits per heavy atom. The summed E-state index contributed by atoms with van der Waals surface area (Å²) in [5, 5.41) is 0. The van der Waals surface area contributed by atoms with Crippen molar-refractivity contribution in [1.82, 2.24) is 0 Å². The van der Waals surface area contributed by atoms with E-state index in [0.29, 0.717) is 31.8 Å².